The molecule has 2 aromatic rings. The van der Waals surface area contributed by atoms with Crippen LogP contribution in [-0.4, -0.2) is 15.1 Å². The van der Waals surface area contributed by atoms with Gasteiger partial charge in [0.25, 0.3) is 0 Å². The van der Waals surface area contributed by atoms with Crippen molar-refractivity contribution in [2.45, 2.75) is 6.92 Å². The highest BCUT2D eigenvalue weighted by Gasteiger charge is 2.11. The Morgan fingerprint density at radius 2 is 2.42 bits per heavy atom. The van der Waals surface area contributed by atoms with Crippen molar-refractivity contribution in [3.05, 3.63) is 15.7 Å². The molecule has 0 aliphatic carbocycles. The molecule has 0 spiro atoms. The summed E-state index contributed by atoms with van der Waals surface area (Å²) in [4.78, 5) is 8.00. The zero-order chi connectivity index (χ0) is 8.55. The summed E-state index contributed by atoms with van der Waals surface area (Å²) in [6.07, 6.45) is 0. The van der Waals surface area contributed by atoms with Gasteiger partial charge in [0.2, 0.25) is 11.7 Å². The summed E-state index contributed by atoms with van der Waals surface area (Å²) < 4.78 is 5.37. The first-order valence-electron chi connectivity index (χ1n) is 3.17. The minimum absolute atomic E-state index is 0.443. The van der Waals surface area contributed by atoms with Gasteiger partial charge in [-0.15, -0.1) is 11.3 Å². The first-order chi connectivity index (χ1) is 5.77. The van der Waals surface area contributed by atoms with Crippen LogP contribution in [0, 0.1) is 6.92 Å². The predicted molar refractivity (Wildman–Crippen MR) is 45.2 cm³/mol. The Morgan fingerprint density at radius 3 is 2.92 bits per heavy atom. The second-order valence-corrected chi connectivity index (χ2v) is 3.57. The van der Waals surface area contributed by atoms with Crippen LogP contribution in [-0.2, 0) is 0 Å². The highest BCUT2D eigenvalue weighted by molar-refractivity contribution is 7.14. The fourth-order valence-corrected chi connectivity index (χ4v) is 1.53. The Kier molecular flexibility index (Phi) is 1.82. The second kappa shape index (κ2) is 2.84. The predicted octanol–water partition coefficient (Wildman–Crippen LogP) is 2.15. The quantitative estimate of drug-likeness (QED) is 0.710. The molecule has 62 valence electrons. The van der Waals surface area contributed by atoms with Crippen LogP contribution in [0.2, 0.25) is 4.34 Å². The molecule has 0 aliphatic rings. The molecule has 0 fully saturated rings. The molecular weight excluding hydrogens is 198 g/mol. The number of thiazole rings is 1. The van der Waals surface area contributed by atoms with Gasteiger partial charge >= 0.3 is 0 Å². The van der Waals surface area contributed by atoms with E-state index in [2.05, 4.69) is 15.1 Å². The number of nitrogens with zero attached hydrogens (tertiary/aromatic N) is 3. The molecule has 0 aliphatic heterocycles. The summed E-state index contributed by atoms with van der Waals surface area (Å²) in [5.41, 5.74) is 2.22. The van der Waals surface area contributed by atoms with E-state index >= 15 is 0 Å². The van der Waals surface area contributed by atoms with Crippen LogP contribution in [0.4, 0.5) is 0 Å². The van der Waals surface area contributed by atoms with Gasteiger partial charge in [-0.25, -0.2) is 4.98 Å². The van der Waals surface area contributed by atoms with E-state index < -0.39 is 0 Å². The van der Waals surface area contributed by atoms with E-state index in [1.54, 1.807) is 12.4 Å². The van der Waals surface area contributed by atoms with Crippen molar-refractivity contribution in [2.24, 2.45) is 0 Å². The van der Waals surface area contributed by atoms with E-state index in [4.69, 9.17) is 16.1 Å². The summed E-state index contributed by atoms with van der Waals surface area (Å²) in [5.74, 6) is 0.952. The van der Waals surface area contributed by atoms with E-state index in [0.29, 0.717) is 21.7 Å². The maximum absolute atomic E-state index is 5.82. The number of hydrogen-bond donors (Lipinski definition) is 0. The molecule has 6 heteroatoms. The molecule has 0 amide bonds. The third kappa shape index (κ3) is 1.21. The monoisotopic (exact) mass is 201 g/mol. The van der Waals surface area contributed by atoms with Crippen molar-refractivity contribution >= 4 is 22.9 Å². The largest absolute Gasteiger partial charge is 0.339 e. The van der Waals surface area contributed by atoms with Gasteiger partial charge < -0.3 is 4.52 Å². The van der Waals surface area contributed by atoms with Crippen LogP contribution >= 0.6 is 22.9 Å². The van der Waals surface area contributed by atoms with Crippen molar-refractivity contribution in [1.82, 2.24) is 15.1 Å². The van der Waals surface area contributed by atoms with E-state index in [0.717, 1.165) is 0 Å². The molecule has 2 aromatic heterocycles. The Labute approximate surface area is 77.2 Å². The first kappa shape index (κ1) is 7.70. The lowest BCUT2D eigenvalue weighted by atomic mass is 10.5. The van der Waals surface area contributed by atoms with Gasteiger partial charge in [-0.05, 0) is 0 Å². The fourth-order valence-electron chi connectivity index (χ4n) is 0.773. The minimum Gasteiger partial charge on any atom is -0.339 e. The van der Waals surface area contributed by atoms with Gasteiger partial charge in [0.1, 0.15) is 10.0 Å². The molecule has 0 atom stereocenters. The third-order valence-electron chi connectivity index (χ3n) is 1.26. The molecular formula is C6H4ClN3OS. The van der Waals surface area contributed by atoms with Crippen LogP contribution in [0.1, 0.15) is 5.89 Å². The Hall–Kier alpha value is -0.940. The molecule has 12 heavy (non-hydrogen) atoms. The molecule has 0 aromatic carbocycles. The topological polar surface area (TPSA) is 51.8 Å². The summed E-state index contributed by atoms with van der Waals surface area (Å²) in [6.45, 7) is 1.72. The van der Waals surface area contributed by atoms with Crippen molar-refractivity contribution < 1.29 is 4.52 Å². The third-order valence-corrected chi connectivity index (χ3v) is 2.32. The molecule has 4 nitrogen and oxygen atoms in total. The van der Waals surface area contributed by atoms with Crippen molar-refractivity contribution in [1.29, 1.82) is 0 Å². The molecule has 0 unspecified atom stereocenters. The Bertz CT molecular complexity index is 397. The summed E-state index contributed by atoms with van der Waals surface area (Å²) >= 11 is 7.16. The first-order valence-corrected chi connectivity index (χ1v) is 4.43. The van der Waals surface area contributed by atoms with Crippen LogP contribution in [0.3, 0.4) is 0 Å². The Morgan fingerprint density at radius 1 is 1.58 bits per heavy atom. The summed E-state index contributed by atoms with van der Waals surface area (Å²) in [6, 6.07) is 0. The maximum Gasteiger partial charge on any atom is 0.223 e. The van der Waals surface area contributed by atoms with Gasteiger partial charge in [0.05, 0.1) is 5.51 Å². The van der Waals surface area contributed by atoms with Gasteiger partial charge in [0, 0.05) is 6.92 Å². The second-order valence-electron chi connectivity index (χ2n) is 2.11. The zero-order valence-electron chi connectivity index (χ0n) is 6.11. The highest BCUT2D eigenvalue weighted by Crippen LogP contribution is 2.27. The van der Waals surface area contributed by atoms with Gasteiger partial charge in [-0.1, -0.05) is 16.8 Å². The molecule has 0 N–H and O–H groups in total. The average molecular weight is 202 g/mol. The minimum atomic E-state index is 0.443. The zero-order valence-corrected chi connectivity index (χ0v) is 7.69. The molecule has 0 bridgehead atoms. The van der Waals surface area contributed by atoms with Crippen LogP contribution in [0.25, 0.3) is 11.5 Å². The standard InChI is InChI=1S/C6H4ClN3OS/c1-3-9-6(10-11-3)4-5(7)12-2-8-4/h2H,1H3. The molecule has 0 radical (unpaired) electrons. The number of hydrogen-bond acceptors (Lipinski definition) is 5. The van der Waals surface area contributed by atoms with Crippen molar-refractivity contribution in [2.75, 3.05) is 0 Å². The Balaban J connectivity index is 2.50. The van der Waals surface area contributed by atoms with E-state index in [9.17, 15) is 0 Å². The molecule has 0 saturated heterocycles. The lowest BCUT2D eigenvalue weighted by Crippen LogP contribution is -1.80. The smallest absolute Gasteiger partial charge is 0.223 e. The van der Waals surface area contributed by atoms with Crippen LogP contribution < -0.4 is 0 Å². The lowest BCUT2D eigenvalue weighted by molar-refractivity contribution is 0.394. The average Bonchev–Trinajstić information content (AvgIpc) is 2.58. The SMILES string of the molecule is Cc1nc(-c2ncsc2Cl)no1. The number of halogens is 1. The molecule has 2 rings (SSSR count). The van der Waals surface area contributed by atoms with Gasteiger partial charge in [-0.2, -0.15) is 4.98 Å². The normalized spacial score (nSPS) is 10.5. The van der Waals surface area contributed by atoms with E-state index in [-0.39, 0.29) is 0 Å². The van der Waals surface area contributed by atoms with Gasteiger partial charge in [-0.3, -0.25) is 0 Å². The summed E-state index contributed by atoms with van der Waals surface area (Å²) in [7, 11) is 0. The lowest BCUT2D eigenvalue weighted by Gasteiger charge is -1.84. The van der Waals surface area contributed by atoms with Gasteiger partial charge in [0.15, 0.2) is 0 Å². The summed E-state index contributed by atoms with van der Waals surface area (Å²) in [5, 5.41) is 3.69. The number of aryl methyl sites for hydroxylation is 1. The van der Waals surface area contributed by atoms with Crippen LogP contribution in [0.5, 0.6) is 0 Å². The maximum atomic E-state index is 5.82. The van der Waals surface area contributed by atoms with Crippen molar-refractivity contribution in [3.63, 3.8) is 0 Å². The van der Waals surface area contributed by atoms with E-state index in [1.807, 2.05) is 0 Å². The van der Waals surface area contributed by atoms with Crippen molar-refractivity contribution in [3.8, 4) is 11.5 Å². The van der Waals surface area contributed by atoms with E-state index in [1.165, 1.54) is 11.3 Å². The molecule has 0 saturated carbocycles. The van der Waals surface area contributed by atoms with Crippen LogP contribution in [0.15, 0.2) is 10.0 Å². The molecule has 2 heterocycles. The number of aromatic nitrogens is 3. The fraction of sp³-hybridized carbons (Fsp3) is 0.167. The highest BCUT2D eigenvalue weighted by atomic mass is 35.5. The number of rotatable bonds is 1.